The molecule has 86 valence electrons. The number of nitrogens with one attached hydrogen (secondary N) is 1. The minimum absolute atomic E-state index is 0.0963. The molecule has 0 spiro atoms. The van der Waals surface area contributed by atoms with Crippen molar-refractivity contribution in [3.05, 3.63) is 41.9 Å². The van der Waals surface area contributed by atoms with Crippen LogP contribution in [0.15, 0.2) is 30.6 Å². The number of halogens is 2. The van der Waals surface area contributed by atoms with Crippen LogP contribution >= 0.6 is 0 Å². The quantitative estimate of drug-likeness (QED) is 0.857. The Morgan fingerprint density at radius 3 is 2.69 bits per heavy atom. The van der Waals surface area contributed by atoms with Gasteiger partial charge in [-0.3, -0.25) is 9.78 Å². The zero-order valence-corrected chi connectivity index (χ0v) is 8.84. The molecule has 0 aromatic carbocycles. The van der Waals surface area contributed by atoms with Gasteiger partial charge in [0.25, 0.3) is 12.3 Å². The van der Waals surface area contributed by atoms with Crippen molar-refractivity contribution in [2.75, 3.05) is 0 Å². The Kier molecular flexibility index (Phi) is 4.10. The number of amides is 1. The van der Waals surface area contributed by atoms with E-state index in [1.807, 2.05) is 6.92 Å². The minimum atomic E-state index is -2.57. The van der Waals surface area contributed by atoms with Crippen LogP contribution in [0.1, 0.15) is 35.8 Å². The van der Waals surface area contributed by atoms with Crippen molar-refractivity contribution in [2.24, 2.45) is 0 Å². The van der Waals surface area contributed by atoms with E-state index >= 15 is 0 Å². The van der Waals surface area contributed by atoms with Crippen LogP contribution in [0, 0.1) is 0 Å². The molecule has 1 aromatic heterocycles. The van der Waals surface area contributed by atoms with Crippen LogP contribution in [0.3, 0.4) is 0 Å². The number of hydrogen-bond acceptors (Lipinski definition) is 2. The maximum absolute atomic E-state index is 12.2. The number of aromatic nitrogens is 1. The Labute approximate surface area is 92.2 Å². The largest absolute Gasteiger partial charge is 0.325 e. The molecule has 0 fully saturated rings. The third-order valence-electron chi connectivity index (χ3n) is 1.99. The number of carbonyl (C=O) groups is 1. The third-order valence-corrected chi connectivity index (χ3v) is 1.99. The average Bonchev–Trinajstić information content (AvgIpc) is 2.28. The number of carbonyl (C=O) groups excluding carboxylic acids is 1. The summed E-state index contributed by atoms with van der Waals surface area (Å²) >= 11 is 0. The fourth-order valence-corrected chi connectivity index (χ4v) is 0.982. The van der Waals surface area contributed by atoms with E-state index in [0.29, 0.717) is 12.1 Å². The van der Waals surface area contributed by atoms with Crippen molar-refractivity contribution in [1.82, 2.24) is 10.3 Å². The third kappa shape index (κ3) is 3.12. The number of hydrogen-bond donors (Lipinski definition) is 1. The molecule has 0 saturated carbocycles. The average molecular weight is 226 g/mol. The molecule has 16 heavy (non-hydrogen) atoms. The second-order valence-corrected chi connectivity index (χ2v) is 3.19. The van der Waals surface area contributed by atoms with Gasteiger partial charge in [-0.05, 0) is 18.6 Å². The SMILES string of the molecule is C=C(CC)NC(=O)c1ccc(C(F)F)cn1. The summed E-state index contributed by atoms with van der Waals surface area (Å²) in [5.74, 6) is -0.437. The minimum Gasteiger partial charge on any atom is -0.325 e. The molecule has 1 rings (SSSR count). The monoisotopic (exact) mass is 226 g/mol. The summed E-state index contributed by atoms with van der Waals surface area (Å²) in [5.41, 5.74) is 0.453. The van der Waals surface area contributed by atoms with Gasteiger partial charge in [0.1, 0.15) is 5.69 Å². The zero-order valence-electron chi connectivity index (χ0n) is 8.84. The van der Waals surface area contributed by atoms with E-state index in [0.717, 1.165) is 6.20 Å². The van der Waals surface area contributed by atoms with Crippen LogP contribution in [0.4, 0.5) is 8.78 Å². The second-order valence-electron chi connectivity index (χ2n) is 3.19. The lowest BCUT2D eigenvalue weighted by atomic mass is 10.2. The number of alkyl halides is 2. The first-order valence-electron chi connectivity index (χ1n) is 4.77. The van der Waals surface area contributed by atoms with E-state index in [9.17, 15) is 13.6 Å². The predicted octanol–water partition coefficient (Wildman–Crippen LogP) is 2.67. The Hall–Kier alpha value is -1.78. The molecule has 1 amide bonds. The summed E-state index contributed by atoms with van der Waals surface area (Å²) in [7, 11) is 0. The molecule has 5 heteroatoms. The number of pyridine rings is 1. The lowest BCUT2D eigenvalue weighted by molar-refractivity contribution is 0.0959. The Morgan fingerprint density at radius 2 is 2.25 bits per heavy atom. The van der Waals surface area contributed by atoms with Crippen LogP contribution in [0.25, 0.3) is 0 Å². The lowest BCUT2D eigenvalue weighted by Crippen LogP contribution is -2.22. The fraction of sp³-hybridized carbons (Fsp3) is 0.273. The molecule has 1 N–H and O–H groups in total. The maximum atomic E-state index is 12.2. The highest BCUT2D eigenvalue weighted by molar-refractivity contribution is 5.93. The van der Waals surface area contributed by atoms with Crippen molar-refractivity contribution in [3.8, 4) is 0 Å². The van der Waals surface area contributed by atoms with Crippen LogP contribution in [0.2, 0.25) is 0 Å². The Balaban J connectivity index is 2.74. The Bertz CT molecular complexity index is 387. The molecule has 1 heterocycles. The van der Waals surface area contributed by atoms with Crippen molar-refractivity contribution >= 4 is 5.91 Å². The van der Waals surface area contributed by atoms with Gasteiger partial charge < -0.3 is 5.32 Å². The number of nitrogens with zero attached hydrogens (tertiary/aromatic N) is 1. The van der Waals surface area contributed by atoms with Crippen molar-refractivity contribution in [1.29, 1.82) is 0 Å². The first kappa shape index (κ1) is 12.3. The number of rotatable bonds is 4. The summed E-state index contributed by atoms with van der Waals surface area (Å²) < 4.78 is 24.4. The van der Waals surface area contributed by atoms with Gasteiger partial charge in [0.15, 0.2) is 0 Å². The highest BCUT2D eigenvalue weighted by Crippen LogP contribution is 2.17. The maximum Gasteiger partial charge on any atom is 0.273 e. The molecule has 0 aliphatic rings. The van der Waals surface area contributed by atoms with E-state index in [4.69, 9.17) is 0 Å². The van der Waals surface area contributed by atoms with Gasteiger partial charge in [0.05, 0.1) is 0 Å². The molecule has 0 aliphatic heterocycles. The molecule has 0 bridgehead atoms. The lowest BCUT2D eigenvalue weighted by Gasteiger charge is -2.05. The summed E-state index contributed by atoms with van der Waals surface area (Å²) in [5, 5.41) is 2.51. The topological polar surface area (TPSA) is 42.0 Å². The van der Waals surface area contributed by atoms with Crippen LogP contribution in [-0.4, -0.2) is 10.9 Å². The highest BCUT2D eigenvalue weighted by atomic mass is 19.3. The van der Waals surface area contributed by atoms with Gasteiger partial charge >= 0.3 is 0 Å². The van der Waals surface area contributed by atoms with Crippen molar-refractivity contribution in [2.45, 2.75) is 19.8 Å². The summed E-state index contributed by atoms with van der Waals surface area (Å²) in [6.45, 7) is 5.45. The van der Waals surface area contributed by atoms with Crippen LogP contribution < -0.4 is 5.32 Å². The highest BCUT2D eigenvalue weighted by Gasteiger charge is 2.11. The van der Waals surface area contributed by atoms with E-state index in [1.54, 1.807) is 0 Å². The van der Waals surface area contributed by atoms with Gasteiger partial charge in [-0.2, -0.15) is 0 Å². The van der Waals surface area contributed by atoms with E-state index in [1.165, 1.54) is 12.1 Å². The first-order chi connectivity index (χ1) is 7.54. The molecule has 0 aliphatic carbocycles. The standard InChI is InChI=1S/C11H12F2N2O/c1-3-7(2)15-11(16)9-5-4-8(6-14-9)10(12)13/h4-6,10H,2-3H2,1H3,(H,15,16). The molecular formula is C11H12F2N2O. The van der Waals surface area contributed by atoms with Gasteiger partial charge in [-0.1, -0.05) is 13.5 Å². The van der Waals surface area contributed by atoms with Gasteiger partial charge in [0.2, 0.25) is 0 Å². The smallest absolute Gasteiger partial charge is 0.273 e. The predicted molar refractivity (Wildman–Crippen MR) is 56.1 cm³/mol. The molecule has 0 atom stereocenters. The summed E-state index contributed by atoms with van der Waals surface area (Å²) in [4.78, 5) is 15.1. The molecule has 3 nitrogen and oxygen atoms in total. The molecular weight excluding hydrogens is 214 g/mol. The van der Waals surface area contributed by atoms with Crippen LogP contribution in [-0.2, 0) is 0 Å². The van der Waals surface area contributed by atoms with Gasteiger partial charge in [-0.25, -0.2) is 8.78 Å². The molecule has 0 radical (unpaired) electrons. The van der Waals surface area contributed by atoms with Crippen molar-refractivity contribution < 1.29 is 13.6 Å². The second kappa shape index (κ2) is 5.34. The van der Waals surface area contributed by atoms with E-state index in [2.05, 4.69) is 16.9 Å². The molecule has 0 unspecified atom stereocenters. The van der Waals surface area contributed by atoms with Crippen LogP contribution in [0.5, 0.6) is 0 Å². The Morgan fingerprint density at radius 1 is 1.56 bits per heavy atom. The molecule has 0 saturated heterocycles. The van der Waals surface area contributed by atoms with Gasteiger partial charge in [0, 0.05) is 17.5 Å². The summed E-state index contributed by atoms with van der Waals surface area (Å²) in [6.07, 6.45) is -0.968. The normalized spacial score (nSPS) is 10.2. The first-order valence-corrected chi connectivity index (χ1v) is 4.77. The number of allylic oxidation sites excluding steroid dienone is 1. The van der Waals surface area contributed by atoms with Crippen molar-refractivity contribution in [3.63, 3.8) is 0 Å². The van der Waals surface area contributed by atoms with E-state index < -0.39 is 12.3 Å². The van der Waals surface area contributed by atoms with Gasteiger partial charge in [-0.15, -0.1) is 0 Å². The fourth-order valence-electron chi connectivity index (χ4n) is 0.982. The molecule has 1 aromatic rings. The van der Waals surface area contributed by atoms with E-state index in [-0.39, 0.29) is 11.3 Å². The summed E-state index contributed by atoms with van der Waals surface area (Å²) in [6, 6.07) is 2.45. The zero-order chi connectivity index (χ0) is 12.1.